The molecule has 0 aliphatic rings. The molecule has 0 N–H and O–H groups in total. The van der Waals surface area contributed by atoms with Gasteiger partial charge in [0, 0.05) is 5.39 Å². The van der Waals surface area contributed by atoms with Crippen LogP contribution in [0.5, 0.6) is 0 Å². The lowest BCUT2D eigenvalue weighted by Gasteiger charge is -2.04. The smallest absolute Gasteiger partial charge is 0.155 e. The molecule has 20 heavy (non-hydrogen) atoms. The van der Waals surface area contributed by atoms with Crippen molar-refractivity contribution in [3.05, 3.63) is 47.8 Å². The van der Waals surface area contributed by atoms with Gasteiger partial charge in [-0.15, -0.1) is 5.10 Å². The molecule has 102 valence electrons. The lowest BCUT2D eigenvalue weighted by atomic mass is 10.1. The molecular formula is C16H18N4. The highest BCUT2D eigenvalue weighted by Crippen LogP contribution is 2.18. The van der Waals surface area contributed by atoms with Gasteiger partial charge in [0.1, 0.15) is 0 Å². The van der Waals surface area contributed by atoms with Gasteiger partial charge in [0.05, 0.1) is 17.4 Å². The zero-order valence-electron chi connectivity index (χ0n) is 12.0. The Hall–Kier alpha value is -2.23. The fourth-order valence-corrected chi connectivity index (χ4v) is 2.17. The molecule has 2 aromatic heterocycles. The van der Waals surface area contributed by atoms with Crippen LogP contribution in [0.25, 0.3) is 16.7 Å². The highest BCUT2D eigenvalue weighted by Gasteiger charge is 2.07. The number of aromatic nitrogens is 4. The molecule has 0 saturated carbocycles. The first-order valence-corrected chi connectivity index (χ1v) is 6.99. The molecule has 0 amide bonds. The van der Waals surface area contributed by atoms with E-state index >= 15 is 0 Å². The number of hydrogen-bond donors (Lipinski definition) is 0. The van der Waals surface area contributed by atoms with E-state index in [2.05, 4.69) is 60.3 Å². The Morgan fingerprint density at radius 2 is 2.00 bits per heavy atom. The Labute approximate surface area is 118 Å². The third-order valence-electron chi connectivity index (χ3n) is 3.48. The maximum absolute atomic E-state index is 4.65. The molecule has 0 saturated heterocycles. The molecule has 2 heterocycles. The van der Waals surface area contributed by atoms with Crippen LogP contribution in [0.1, 0.15) is 37.9 Å². The van der Waals surface area contributed by atoms with Gasteiger partial charge in [-0.25, -0.2) is 9.67 Å². The van der Waals surface area contributed by atoms with Crippen molar-refractivity contribution in [1.82, 2.24) is 20.0 Å². The number of nitrogens with zero attached hydrogens (tertiary/aromatic N) is 4. The lowest BCUT2D eigenvalue weighted by molar-refractivity contribution is 0.766. The second kappa shape index (κ2) is 5.04. The van der Waals surface area contributed by atoms with Crippen LogP contribution in [0.15, 0.2) is 36.5 Å². The van der Waals surface area contributed by atoms with Crippen LogP contribution in [0.2, 0.25) is 0 Å². The molecule has 0 atom stereocenters. The van der Waals surface area contributed by atoms with Gasteiger partial charge in [-0.05, 0) is 42.2 Å². The summed E-state index contributed by atoms with van der Waals surface area (Å²) in [7, 11) is 0. The molecule has 4 nitrogen and oxygen atoms in total. The topological polar surface area (TPSA) is 43.6 Å². The van der Waals surface area contributed by atoms with E-state index in [1.54, 1.807) is 4.68 Å². The maximum Gasteiger partial charge on any atom is 0.155 e. The van der Waals surface area contributed by atoms with Crippen molar-refractivity contribution in [3.8, 4) is 5.82 Å². The zero-order chi connectivity index (χ0) is 14.1. The summed E-state index contributed by atoms with van der Waals surface area (Å²) >= 11 is 0. The van der Waals surface area contributed by atoms with Crippen molar-refractivity contribution in [2.24, 2.45) is 0 Å². The van der Waals surface area contributed by atoms with Crippen LogP contribution < -0.4 is 0 Å². The second-order valence-electron chi connectivity index (χ2n) is 5.29. The van der Waals surface area contributed by atoms with E-state index in [1.807, 2.05) is 12.3 Å². The average Bonchev–Trinajstić information content (AvgIpc) is 2.96. The highest BCUT2D eigenvalue weighted by molar-refractivity contribution is 5.80. The third kappa shape index (κ3) is 2.29. The van der Waals surface area contributed by atoms with Gasteiger partial charge in [0.15, 0.2) is 5.82 Å². The summed E-state index contributed by atoms with van der Waals surface area (Å²) in [5.74, 6) is 1.18. The average molecular weight is 266 g/mol. The first-order valence-electron chi connectivity index (χ1n) is 6.99. The lowest BCUT2D eigenvalue weighted by Crippen LogP contribution is -1.98. The van der Waals surface area contributed by atoms with E-state index in [0.29, 0.717) is 5.92 Å². The number of aryl methyl sites for hydroxylation is 1. The minimum absolute atomic E-state index is 0.372. The highest BCUT2D eigenvalue weighted by atomic mass is 15.4. The largest absolute Gasteiger partial charge is 0.229 e. The summed E-state index contributed by atoms with van der Waals surface area (Å²) in [6.45, 7) is 6.37. The van der Waals surface area contributed by atoms with E-state index in [1.165, 1.54) is 5.56 Å². The number of pyridine rings is 1. The van der Waals surface area contributed by atoms with Gasteiger partial charge < -0.3 is 0 Å². The van der Waals surface area contributed by atoms with Gasteiger partial charge in [0.25, 0.3) is 0 Å². The molecule has 1 aromatic carbocycles. The summed E-state index contributed by atoms with van der Waals surface area (Å²) in [5, 5.41) is 9.49. The third-order valence-corrected chi connectivity index (χ3v) is 3.48. The van der Waals surface area contributed by atoms with Crippen LogP contribution in [0, 0.1) is 0 Å². The van der Waals surface area contributed by atoms with Crippen LogP contribution in [-0.2, 0) is 6.42 Å². The quantitative estimate of drug-likeness (QED) is 0.728. The monoisotopic (exact) mass is 266 g/mol. The molecule has 0 bridgehead atoms. The standard InChI is InChI=1S/C16H18N4/c1-4-12-5-7-14-13(9-12)6-8-16(17-14)20-10-15(11(2)3)18-19-20/h5-11H,4H2,1-3H3. The number of hydrogen-bond acceptors (Lipinski definition) is 3. The molecule has 0 radical (unpaired) electrons. The summed E-state index contributed by atoms with van der Waals surface area (Å²) in [5.41, 5.74) is 3.30. The first kappa shape index (κ1) is 12.8. The second-order valence-corrected chi connectivity index (χ2v) is 5.29. The van der Waals surface area contributed by atoms with E-state index < -0.39 is 0 Å². The first-order chi connectivity index (χ1) is 9.67. The van der Waals surface area contributed by atoms with E-state index in [4.69, 9.17) is 0 Å². The Morgan fingerprint density at radius 3 is 2.70 bits per heavy atom. The van der Waals surface area contributed by atoms with Gasteiger partial charge in [-0.3, -0.25) is 0 Å². The Balaban J connectivity index is 2.03. The van der Waals surface area contributed by atoms with Crippen LogP contribution >= 0.6 is 0 Å². The minimum Gasteiger partial charge on any atom is -0.229 e. The predicted molar refractivity (Wildman–Crippen MR) is 80.1 cm³/mol. The maximum atomic E-state index is 4.65. The molecule has 4 heteroatoms. The normalized spacial score (nSPS) is 11.4. The van der Waals surface area contributed by atoms with Crippen molar-refractivity contribution in [2.45, 2.75) is 33.1 Å². The van der Waals surface area contributed by atoms with Crippen molar-refractivity contribution in [3.63, 3.8) is 0 Å². The summed E-state index contributed by atoms with van der Waals surface area (Å²) in [6, 6.07) is 10.5. The van der Waals surface area contributed by atoms with Crippen molar-refractivity contribution < 1.29 is 0 Å². The molecule has 0 unspecified atom stereocenters. The zero-order valence-corrected chi connectivity index (χ0v) is 12.0. The van der Waals surface area contributed by atoms with Crippen molar-refractivity contribution in [2.75, 3.05) is 0 Å². The van der Waals surface area contributed by atoms with E-state index in [0.717, 1.165) is 28.8 Å². The van der Waals surface area contributed by atoms with Gasteiger partial charge >= 0.3 is 0 Å². The molecule has 0 aliphatic carbocycles. The van der Waals surface area contributed by atoms with E-state index in [9.17, 15) is 0 Å². The number of rotatable bonds is 3. The molecule has 0 fully saturated rings. The molecule has 3 aromatic rings. The summed E-state index contributed by atoms with van der Waals surface area (Å²) in [6.07, 6.45) is 2.98. The Bertz CT molecular complexity index is 743. The summed E-state index contributed by atoms with van der Waals surface area (Å²) < 4.78 is 1.74. The molecule has 0 spiro atoms. The van der Waals surface area contributed by atoms with Gasteiger partial charge in [-0.1, -0.05) is 32.1 Å². The fourth-order valence-electron chi connectivity index (χ4n) is 2.17. The van der Waals surface area contributed by atoms with Crippen LogP contribution in [0.3, 0.4) is 0 Å². The molecule has 3 rings (SSSR count). The molecular weight excluding hydrogens is 248 g/mol. The molecule has 0 aliphatic heterocycles. The minimum atomic E-state index is 0.372. The number of fused-ring (bicyclic) bond motifs is 1. The Kier molecular flexibility index (Phi) is 3.22. The Morgan fingerprint density at radius 1 is 1.15 bits per heavy atom. The van der Waals surface area contributed by atoms with Crippen molar-refractivity contribution >= 4 is 10.9 Å². The number of benzene rings is 1. The predicted octanol–water partition coefficient (Wildman–Crippen LogP) is 3.50. The van der Waals surface area contributed by atoms with E-state index in [-0.39, 0.29) is 0 Å². The SMILES string of the molecule is CCc1ccc2nc(-n3cc(C(C)C)nn3)ccc2c1. The van der Waals surface area contributed by atoms with Gasteiger partial charge in [-0.2, -0.15) is 0 Å². The van der Waals surface area contributed by atoms with Gasteiger partial charge in [0.2, 0.25) is 0 Å². The van der Waals surface area contributed by atoms with Crippen molar-refractivity contribution in [1.29, 1.82) is 0 Å². The fraction of sp³-hybridized carbons (Fsp3) is 0.312. The van der Waals surface area contributed by atoms with Crippen LogP contribution in [0.4, 0.5) is 0 Å². The summed E-state index contributed by atoms with van der Waals surface area (Å²) in [4.78, 5) is 4.65. The van der Waals surface area contributed by atoms with Crippen LogP contribution in [-0.4, -0.2) is 20.0 Å².